The number of nitrogens with one attached hydrogen (secondary N) is 1. The molecule has 0 aromatic heterocycles. The highest BCUT2D eigenvalue weighted by Crippen LogP contribution is 2.28. The van der Waals surface area contributed by atoms with Crippen molar-refractivity contribution in [2.75, 3.05) is 24.3 Å². The lowest BCUT2D eigenvalue weighted by molar-refractivity contribution is 1.11. The Hall–Kier alpha value is -2.47. The van der Waals surface area contributed by atoms with Crippen LogP contribution in [0.15, 0.2) is 36.4 Å². The minimum Gasteiger partial charge on any atom is -0.377 e. The molecule has 0 aliphatic heterocycles. The fraction of sp³-hybridized carbons (Fsp3) is 0.235. The van der Waals surface area contributed by atoms with Crippen LogP contribution in [-0.2, 0) is 0 Å². The maximum atomic E-state index is 9.21. The molecule has 0 saturated carbocycles. The number of para-hydroxylation sites is 1. The van der Waals surface area contributed by atoms with E-state index in [4.69, 9.17) is 0 Å². The molecule has 2 rings (SSSR count). The molecule has 2 aromatic carbocycles. The first-order valence-corrected chi connectivity index (χ1v) is 6.57. The lowest BCUT2D eigenvalue weighted by Gasteiger charge is -2.18. The summed E-state index contributed by atoms with van der Waals surface area (Å²) in [5, 5.41) is 12.6. The largest absolute Gasteiger partial charge is 0.377 e. The summed E-state index contributed by atoms with van der Waals surface area (Å²) in [6, 6.07) is 14.2. The lowest BCUT2D eigenvalue weighted by Crippen LogP contribution is -2.10. The van der Waals surface area contributed by atoms with Gasteiger partial charge in [0.1, 0.15) is 6.07 Å². The third-order valence-electron chi connectivity index (χ3n) is 3.35. The Morgan fingerprint density at radius 3 is 2.45 bits per heavy atom. The number of anilines is 3. The number of aryl methyl sites for hydroxylation is 2. The summed E-state index contributed by atoms with van der Waals surface area (Å²) in [7, 11) is 4.06. The van der Waals surface area contributed by atoms with Gasteiger partial charge >= 0.3 is 0 Å². The number of nitrogens with zero attached hydrogens (tertiary/aromatic N) is 2. The van der Waals surface area contributed by atoms with E-state index >= 15 is 0 Å². The summed E-state index contributed by atoms with van der Waals surface area (Å²) in [5.41, 5.74) is 5.99. The van der Waals surface area contributed by atoms with Crippen LogP contribution in [0.2, 0.25) is 0 Å². The average molecular weight is 265 g/mol. The maximum Gasteiger partial charge on any atom is 0.101 e. The molecule has 20 heavy (non-hydrogen) atoms. The van der Waals surface area contributed by atoms with Gasteiger partial charge in [0.25, 0.3) is 0 Å². The SMILES string of the molecule is Cc1ccc(Nc2c(C)cccc2C#N)cc1N(C)C. The van der Waals surface area contributed by atoms with Gasteiger partial charge in [-0.2, -0.15) is 5.26 Å². The molecule has 0 spiro atoms. The molecule has 2 aromatic rings. The van der Waals surface area contributed by atoms with Gasteiger partial charge in [-0.25, -0.2) is 0 Å². The van der Waals surface area contributed by atoms with Crippen LogP contribution in [0, 0.1) is 25.2 Å². The molecule has 0 saturated heterocycles. The zero-order valence-corrected chi connectivity index (χ0v) is 12.4. The number of hydrogen-bond acceptors (Lipinski definition) is 3. The van der Waals surface area contributed by atoms with E-state index in [2.05, 4.69) is 35.3 Å². The van der Waals surface area contributed by atoms with Crippen molar-refractivity contribution in [1.82, 2.24) is 0 Å². The van der Waals surface area contributed by atoms with E-state index in [-0.39, 0.29) is 0 Å². The van der Waals surface area contributed by atoms with Gasteiger partial charge in [-0.3, -0.25) is 0 Å². The molecule has 3 nitrogen and oxygen atoms in total. The summed E-state index contributed by atoms with van der Waals surface area (Å²) in [5.74, 6) is 0. The highest BCUT2D eigenvalue weighted by atomic mass is 15.1. The van der Waals surface area contributed by atoms with Gasteiger partial charge in [0.2, 0.25) is 0 Å². The van der Waals surface area contributed by atoms with E-state index in [1.165, 1.54) is 11.3 Å². The van der Waals surface area contributed by atoms with Gasteiger partial charge in [-0.1, -0.05) is 18.2 Å². The molecular formula is C17H19N3. The van der Waals surface area contributed by atoms with Crippen LogP contribution in [0.1, 0.15) is 16.7 Å². The van der Waals surface area contributed by atoms with Gasteiger partial charge in [-0.05, 0) is 43.2 Å². The highest BCUT2D eigenvalue weighted by Gasteiger charge is 2.07. The zero-order valence-electron chi connectivity index (χ0n) is 12.4. The van der Waals surface area contributed by atoms with E-state index in [1.54, 1.807) is 0 Å². The molecular weight excluding hydrogens is 246 g/mol. The van der Waals surface area contributed by atoms with Gasteiger partial charge < -0.3 is 10.2 Å². The number of rotatable bonds is 3. The summed E-state index contributed by atoms with van der Waals surface area (Å²) in [6.45, 7) is 4.10. The lowest BCUT2D eigenvalue weighted by atomic mass is 10.1. The fourth-order valence-electron chi connectivity index (χ4n) is 2.24. The Bertz CT molecular complexity index is 666. The van der Waals surface area contributed by atoms with E-state index < -0.39 is 0 Å². The minimum absolute atomic E-state index is 0.664. The van der Waals surface area contributed by atoms with E-state index in [1.807, 2.05) is 45.3 Å². The molecule has 3 heteroatoms. The predicted molar refractivity (Wildman–Crippen MR) is 84.7 cm³/mol. The smallest absolute Gasteiger partial charge is 0.101 e. The summed E-state index contributed by atoms with van der Waals surface area (Å²) >= 11 is 0. The Balaban J connectivity index is 2.41. The second-order valence-electron chi connectivity index (χ2n) is 5.13. The van der Waals surface area contributed by atoms with Crippen LogP contribution in [-0.4, -0.2) is 14.1 Å². The molecule has 1 N–H and O–H groups in total. The molecule has 0 aliphatic carbocycles. The van der Waals surface area contributed by atoms with Crippen molar-refractivity contribution in [3.05, 3.63) is 53.1 Å². The first-order valence-electron chi connectivity index (χ1n) is 6.57. The predicted octanol–water partition coefficient (Wildman–Crippen LogP) is 3.98. The van der Waals surface area contributed by atoms with E-state index in [0.717, 1.165) is 16.9 Å². The summed E-state index contributed by atoms with van der Waals surface area (Å²) in [4.78, 5) is 2.09. The zero-order chi connectivity index (χ0) is 14.7. The van der Waals surface area contributed by atoms with Crippen LogP contribution in [0.25, 0.3) is 0 Å². The van der Waals surface area contributed by atoms with Gasteiger partial charge in [0.15, 0.2) is 0 Å². The van der Waals surface area contributed by atoms with Crippen LogP contribution in [0.4, 0.5) is 17.1 Å². The Morgan fingerprint density at radius 1 is 1.05 bits per heavy atom. The van der Waals surface area contributed by atoms with Crippen molar-refractivity contribution in [3.63, 3.8) is 0 Å². The van der Waals surface area contributed by atoms with Gasteiger partial charge in [-0.15, -0.1) is 0 Å². The van der Waals surface area contributed by atoms with Crippen molar-refractivity contribution < 1.29 is 0 Å². The quantitative estimate of drug-likeness (QED) is 0.912. The second-order valence-corrected chi connectivity index (χ2v) is 5.13. The normalized spacial score (nSPS) is 9.95. The first-order chi connectivity index (χ1) is 9.52. The average Bonchev–Trinajstić information content (AvgIpc) is 2.42. The summed E-state index contributed by atoms with van der Waals surface area (Å²) in [6.07, 6.45) is 0. The molecule has 0 aliphatic rings. The maximum absolute atomic E-state index is 9.21. The topological polar surface area (TPSA) is 39.1 Å². The van der Waals surface area contributed by atoms with Crippen molar-refractivity contribution >= 4 is 17.1 Å². The highest BCUT2D eigenvalue weighted by molar-refractivity contribution is 5.72. The summed E-state index contributed by atoms with van der Waals surface area (Å²) < 4.78 is 0. The van der Waals surface area contributed by atoms with Crippen LogP contribution < -0.4 is 10.2 Å². The monoisotopic (exact) mass is 265 g/mol. The molecule has 0 radical (unpaired) electrons. The fourth-order valence-corrected chi connectivity index (χ4v) is 2.24. The molecule has 102 valence electrons. The van der Waals surface area contributed by atoms with E-state index in [9.17, 15) is 5.26 Å². The number of hydrogen-bond donors (Lipinski definition) is 1. The van der Waals surface area contributed by atoms with Crippen molar-refractivity contribution in [2.45, 2.75) is 13.8 Å². The Labute approximate surface area is 120 Å². The number of nitriles is 1. The van der Waals surface area contributed by atoms with Crippen molar-refractivity contribution in [3.8, 4) is 6.07 Å². The van der Waals surface area contributed by atoms with Crippen LogP contribution in [0.5, 0.6) is 0 Å². The number of benzene rings is 2. The third kappa shape index (κ3) is 2.75. The van der Waals surface area contributed by atoms with Gasteiger partial charge in [0, 0.05) is 25.5 Å². The molecule has 0 amide bonds. The third-order valence-corrected chi connectivity index (χ3v) is 3.35. The van der Waals surface area contributed by atoms with E-state index in [0.29, 0.717) is 5.56 Å². The second kappa shape index (κ2) is 5.66. The van der Waals surface area contributed by atoms with Crippen molar-refractivity contribution in [2.24, 2.45) is 0 Å². The molecule has 0 bridgehead atoms. The Kier molecular flexibility index (Phi) is 3.95. The molecule has 0 atom stereocenters. The van der Waals surface area contributed by atoms with Crippen molar-refractivity contribution in [1.29, 1.82) is 5.26 Å². The van der Waals surface area contributed by atoms with Gasteiger partial charge in [0.05, 0.1) is 11.3 Å². The first kappa shape index (κ1) is 14.0. The van der Waals surface area contributed by atoms with Crippen LogP contribution in [0.3, 0.4) is 0 Å². The molecule has 0 heterocycles. The molecule has 0 unspecified atom stereocenters. The minimum atomic E-state index is 0.664. The Morgan fingerprint density at radius 2 is 1.80 bits per heavy atom. The standard InChI is InChI=1S/C17H19N3/c1-12-8-9-15(10-16(12)20(3)4)19-17-13(2)6-5-7-14(17)11-18/h5-10,19H,1-4H3. The molecule has 0 fully saturated rings. The van der Waals surface area contributed by atoms with Crippen LogP contribution >= 0.6 is 0 Å².